The summed E-state index contributed by atoms with van der Waals surface area (Å²) in [5, 5.41) is 3.97. The molecule has 0 radical (unpaired) electrons. The molecule has 3 N–H and O–H groups in total. The third kappa shape index (κ3) is 3.02. The van der Waals surface area contributed by atoms with E-state index in [-0.39, 0.29) is 6.04 Å². The van der Waals surface area contributed by atoms with Crippen molar-refractivity contribution < 1.29 is 13.2 Å². The third-order valence-electron chi connectivity index (χ3n) is 3.13. The molecule has 1 saturated heterocycles. The van der Waals surface area contributed by atoms with Crippen LogP contribution < -0.4 is 14.8 Å². The first-order valence-corrected chi connectivity index (χ1v) is 7.52. The van der Waals surface area contributed by atoms with Crippen molar-refractivity contribution in [1.82, 2.24) is 19.4 Å². The molecule has 0 spiro atoms. The number of nitrogens with two attached hydrogens (primary N) is 1. The molecule has 0 unspecified atom stereocenters. The number of nitrogens with one attached hydrogen (secondary N) is 1. The predicted molar refractivity (Wildman–Crippen MR) is 73.2 cm³/mol. The van der Waals surface area contributed by atoms with Crippen LogP contribution in [0.5, 0.6) is 0 Å². The number of hydrogen-bond acceptors (Lipinski definition) is 5. The lowest BCUT2D eigenvalue weighted by molar-refractivity contribution is 0.253. The Kier molecular flexibility index (Phi) is 3.86. The molecule has 1 aromatic heterocycles. The van der Waals surface area contributed by atoms with Crippen LogP contribution >= 0.6 is 0 Å². The van der Waals surface area contributed by atoms with Crippen molar-refractivity contribution in [2.24, 2.45) is 12.8 Å². The van der Waals surface area contributed by atoms with Gasteiger partial charge in [0.25, 0.3) is 0 Å². The second kappa shape index (κ2) is 5.29. The Hall–Kier alpha value is -1.81. The lowest BCUT2D eigenvalue weighted by Gasteiger charge is -2.28. The fraction of sp³-hybridized carbons (Fsp3) is 0.600. The van der Waals surface area contributed by atoms with E-state index in [0.717, 1.165) is 6.54 Å². The number of carbonyl (C=O) groups is 1. The van der Waals surface area contributed by atoms with Crippen LogP contribution in [-0.4, -0.2) is 55.3 Å². The van der Waals surface area contributed by atoms with E-state index < -0.39 is 16.2 Å². The maximum atomic E-state index is 12.3. The predicted octanol–water partition coefficient (Wildman–Crippen LogP) is -1.16. The first-order valence-electron chi connectivity index (χ1n) is 6.08. The minimum Gasteiger partial charge on any atom is -0.351 e. The van der Waals surface area contributed by atoms with Crippen molar-refractivity contribution in [1.29, 1.82) is 0 Å². The maximum absolute atomic E-state index is 12.3. The van der Waals surface area contributed by atoms with Crippen molar-refractivity contribution >= 4 is 21.9 Å². The zero-order valence-electron chi connectivity index (χ0n) is 11.4. The summed E-state index contributed by atoms with van der Waals surface area (Å²) in [7, 11) is -0.436. The van der Waals surface area contributed by atoms with Gasteiger partial charge in [0.15, 0.2) is 0 Å². The molecule has 0 bridgehead atoms. The first-order chi connectivity index (χ1) is 9.29. The molecule has 1 atom stereocenters. The number of nitrogens with zero attached hydrogens (tertiary/aromatic N) is 4. The van der Waals surface area contributed by atoms with Crippen LogP contribution in [0.15, 0.2) is 12.4 Å². The number of aryl methyl sites for hydroxylation is 1. The highest BCUT2D eigenvalue weighted by atomic mass is 32.2. The van der Waals surface area contributed by atoms with Gasteiger partial charge in [0.2, 0.25) is 0 Å². The molecule has 2 rings (SSSR count). The molecule has 2 heterocycles. The zero-order chi connectivity index (χ0) is 14.9. The van der Waals surface area contributed by atoms with Crippen molar-refractivity contribution in [2.45, 2.75) is 12.5 Å². The lowest BCUT2D eigenvalue weighted by atomic mass is 10.2. The molecule has 2 amide bonds. The number of likely N-dealkylation sites (tertiary alicyclic amines) is 1. The van der Waals surface area contributed by atoms with Gasteiger partial charge in [-0.1, -0.05) is 0 Å². The molecule has 10 heteroatoms. The number of aromatic nitrogens is 2. The fourth-order valence-electron chi connectivity index (χ4n) is 2.35. The van der Waals surface area contributed by atoms with Gasteiger partial charge in [-0.2, -0.15) is 13.5 Å². The minimum absolute atomic E-state index is 0.263. The van der Waals surface area contributed by atoms with Gasteiger partial charge in [-0.25, -0.2) is 13.8 Å². The Labute approximate surface area is 117 Å². The average molecular weight is 302 g/mol. The van der Waals surface area contributed by atoms with Crippen LogP contribution in [0.3, 0.4) is 0 Å². The molecule has 0 saturated carbocycles. The monoisotopic (exact) mass is 302 g/mol. The van der Waals surface area contributed by atoms with Gasteiger partial charge < -0.3 is 10.6 Å². The average Bonchev–Trinajstić information content (AvgIpc) is 2.87. The van der Waals surface area contributed by atoms with E-state index in [9.17, 15) is 13.2 Å². The first kappa shape index (κ1) is 14.6. The number of urea groups is 1. The van der Waals surface area contributed by atoms with Gasteiger partial charge in [0.05, 0.1) is 17.9 Å². The molecule has 1 aromatic rings. The van der Waals surface area contributed by atoms with Crippen molar-refractivity contribution in [3.05, 3.63) is 12.4 Å². The van der Waals surface area contributed by atoms with Crippen LogP contribution in [0.1, 0.15) is 6.42 Å². The molecule has 0 aliphatic carbocycles. The van der Waals surface area contributed by atoms with E-state index in [0.29, 0.717) is 18.7 Å². The van der Waals surface area contributed by atoms with Crippen molar-refractivity contribution in [3.8, 4) is 0 Å². The molecule has 1 fully saturated rings. The normalized spacial score (nSPS) is 20.0. The van der Waals surface area contributed by atoms with E-state index in [2.05, 4.69) is 5.10 Å². The minimum atomic E-state index is -4.04. The summed E-state index contributed by atoms with van der Waals surface area (Å²) < 4.78 is 29.1. The topological polar surface area (TPSA) is 114 Å². The van der Waals surface area contributed by atoms with Gasteiger partial charge in [-0.15, -0.1) is 0 Å². The smallest absolute Gasteiger partial charge is 0.327 e. The molecular formula is C10H18N6O3S. The quantitative estimate of drug-likeness (QED) is 0.728. The molecule has 1 aliphatic rings. The Morgan fingerprint density at radius 3 is 2.70 bits per heavy atom. The Balaban J connectivity index is 2.36. The van der Waals surface area contributed by atoms with E-state index in [1.165, 1.54) is 15.2 Å². The van der Waals surface area contributed by atoms with Crippen LogP contribution in [0.2, 0.25) is 0 Å². The summed E-state index contributed by atoms with van der Waals surface area (Å²) in [5.41, 5.74) is 5.34. The second-order valence-corrected chi connectivity index (χ2v) is 6.39. The van der Waals surface area contributed by atoms with E-state index >= 15 is 0 Å². The molecular weight excluding hydrogens is 284 g/mol. The molecule has 0 aromatic carbocycles. The van der Waals surface area contributed by atoms with Crippen LogP contribution in [0.25, 0.3) is 0 Å². The number of likely N-dealkylation sites (N-methyl/N-ethyl adjacent to an activating group) is 1. The Morgan fingerprint density at radius 2 is 2.25 bits per heavy atom. The van der Waals surface area contributed by atoms with E-state index in [4.69, 9.17) is 5.73 Å². The van der Waals surface area contributed by atoms with Gasteiger partial charge in [0, 0.05) is 19.8 Å². The highest BCUT2D eigenvalue weighted by Crippen LogP contribution is 2.24. The number of anilines is 1. The summed E-state index contributed by atoms with van der Waals surface area (Å²) in [6, 6.07) is -1.37. The number of hydrogen-bond donors (Lipinski definition) is 2. The third-order valence-corrected chi connectivity index (χ3v) is 4.62. The zero-order valence-corrected chi connectivity index (χ0v) is 12.2. The van der Waals surface area contributed by atoms with Gasteiger partial charge >= 0.3 is 16.2 Å². The summed E-state index contributed by atoms with van der Waals surface area (Å²) in [6.07, 6.45) is 3.70. The summed E-state index contributed by atoms with van der Waals surface area (Å²) in [4.78, 5) is 12.9. The summed E-state index contributed by atoms with van der Waals surface area (Å²) in [5.74, 6) is 0. The van der Waals surface area contributed by atoms with Crippen LogP contribution in [-0.2, 0) is 17.3 Å². The number of amides is 2. The SMILES string of the molecule is CN1CC[C@H](N(c2cnn(C)c2)S(=O)(=O)NC(N)=O)C1. The summed E-state index contributed by atoms with van der Waals surface area (Å²) >= 11 is 0. The van der Waals surface area contributed by atoms with Gasteiger partial charge in [-0.3, -0.25) is 4.68 Å². The number of rotatable bonds is 4. The van der Waals surface area contributed by atoms with Crippen molar-refractivity contribution in [3.63, 3.8) is 0 Å². The number of carbonyl (C=O) groups excluding carboxylic acids is 1. The van der Waals surface area contributed by atoms with Gasteiger partial charge in [0.1, 0.15) is 0 Å². The Bertz CT molecular complexity index is 598. The van der Waals surface area contributed by atoms with Crippen LogP contribution in [0, 0.1) is 0 Å². The fourth-order valence-corrected chi connectivity index (χ4v) is 3.64. The standard InChI is InChI=1S/C10H18N6O3S/c1-14-4-3-8(6-14)16(9-5-12-15(2)7-9)20(18,19)13-10(11)17/h5,7-8H,3-4,6H2,1-2H3,(H3,11,13,17)/t8-/m0/s1. The molecule has 20 heavy (non-hydrogen) atoms. The number of primary amides is 1. The Morgan fingerprint density at radius 1 is 1.55 bits per heavy atom. The summed E-state index contributed by atoms with van der Waals surface area (Å²) in [6.45, 7) is 1.36. The van der Waals surface area contributed by atoms with Crippen LogP contribution in [0.4, 0.5) is 10.5 Å². The maximum Gasteiger partial charge on any atom is 0.327 e. The molecule has 9 nitrogen and oxygen atoms in total. The van der Waals surface area contributed by atoms with Gasteiger partial charge in [-0.05, 0) is 20.0 Å². The largest absolute Gasteiger partial charge is 0.351 e. The highest BCUT2D eigenvalue weighted by Gasteiger charge is 2.35. The highest BCUT2D eigenvalue weighted by molar-refractivity contribution is 7.91. The molecule has 1 aliphatic heterocycles. The molecule has 112 valence electrons. The second-order valence-electron chi connectivity index (χ2n) is 4.84. The lowest BCUT2D eigenvalue weighted by Crippen LogP contribution is -2.50. The van der Waals surface area contributed by atoms with E-state index in [1.54, 1.807) is 18.0 Å². The van der Waals surface area contributed by atoms with Crippen molar-refractivity contribution in [2.75, 3.05) is 24.4 Å². The van der Waals surface area contributed by atoms with E-state index in [1.807, 2.05) is 11.9 Å².